The summed E-state index contributed by atoms with van der Waals surface area (Å²) in [5.41, 5.74) is 3.67. The molecule has 2 atom stereocenters. The Morgan fingerprint density at radius 1 is 1.08 bits per heavy atom. The average molecular weight is 499 g/mol. The molecule has 0 radical (unpaired) electrons. The Morgan fingerprint density at radius 3 is 2.46 bits per heavy atom. The molecule has 0 saturated heterocycles. The van der Waals surface area contributed by atoms with Crippen molar-refractivity contribution in [2.45, 2.75) is 83.3 Å². The zero-order valence-corrected chi connectivity index (χ0v) is 22.2. The molecule has 0 unspecified atom stereocenters. The molecule has 1 fully saturated rings. The monoisotopic (exact) mass is 498 g/mol. The lowest BCUT2D eigenvalue weighted by molar-refractivity contribution is -0.134. The molecular formula is C31H38N4O2. The highest BCUT2D eigenvalue weighted by Gasteiger charge is 2.48. The first-order valence-electron chi connectivity index (χ1n) is 13.7. The number of nitrogens with zero attached hydrogens (tertiary/aromatic N) is 3. The van der Waals surface area contributed by atoms with Gasteiger partial charge in [-0.25, -0.2) is 0 Å². The van der Waals surface area contributed by atoms with Crippen LogP contribution >= 0.6 is 0 Å². The molecule has 6 heteroatoms. The maximum absolute atomic E-state index is 14.0. The number of aryl methyl sites for hydroxylation is 1. The molecule has 1 aliphatic carbocycles. The number of fused-ring (bicyclic) bond motifs is 1. The summed E-state index contributed by atoms with van der Waals surface area (Å²) < 4.78 is 1.75. The van der Waals surface area contributed by atoms with Gasteiger partial charge < -0.3 is 10.2 Å². The third-order valence-corrected chi connectivity index (χ3v) is 8.21. The van der Waals surface area contributed by atoms with Gasteiger partial charge in [-0.1, -0.05) is 87.7 Å². The number of nitrogens with one attached hydrogen (secondary N) is 1. The van der Waals surface area contributed by atoms with Gasteiger partial charge in [0.25, 0.3) is 5.91 Å². The van der Waals surface area contributed by atoms with E-state index in [0.29, 0.717) is 18.8 Å². The second kappa shape index (κ2) is 10.5. The van der Waals surface area contributed by atoms with Crippen molar-refractivity contribution in [2.24, 2.45) is 0 Å². The van der Waals surface area contributed by atoms with Crippen LogP contribution in [0, 0.1) is 0 Å². The van der Waals surface area contributed by atoms with Gasteiger partial charge in [0, 0.05) is 18.2 Å². The number of benzene rings is 2. The molecule has 2 aliphatic rings. The van der Waals surface area contributed by atoms with Gasteiger partial charge in [0.15, 0.2) is 0 Å². The van der Waals surface area contributed by atoms with Crippen LogP contribution in [0.3, 0.4) is 0 Å². The largest absolute Gasteiger partial charge is 0.351 e. The number of carbonyl (C=O) groups excluding carboxylic acids is 2. The van der Waals surface area contributed by atoms with E-state index in [1.807, 2.05) is 31.2 Å². The van der Waals surface area contributed by atoms with E-state index in [2.05, 4.69) is 55.6 Å². The molecule has 0 spiro atoms. The number of hydrogen-bond donors (Lipinski definition) is 1. The van der Waals surface area contributed by atoms with E-state index in [1.165, 1.54) is 12.0 Å². The lowest BCUT2D eigenvalue weighted by atomic mass is 9.90. The minimum absolute atomic E-state index is 0.0805. The Hall–Kier alpha value is -3.41. The van der Waals surface area contributed by atoms with Gasteiger partial charge in [-0.3, -0.25) is 14.3 Å². The second-order valence-electron chi connectivity index (χ2n) is 10.9. The Kier molecular flexibility index (Phi) is 7.18. The molecular weight excluding hydrogens is 460 g/mol. The summed E-state index contributed by atoms with van der Waals surface area (Å²) in [5.74, 6) is -0.134. The fraction of sp³-hybridized carbons (Fsp3) is 0.452. The summed E-state index contributed by atoms with van der Waals surface area (Å²) in [6.45, 7) is 6.95. The maximum Gasteiger partial charge on any atom is 0.273 e. The second-order valence-corrected chi connectivity index (χ2v) is 10.9. The Morgan fingerprint density at radius 2 is 1.78 bits per heavy atom. The van der Waals surface area contributed by atoms with Crippen molar-refractivity contribution in [3.8, 4) is 11.3 Å². The molecule has 5 rings (SSSR count). The van der Waals surface area contributed by atoms with Crippen LogP contribution in [-0.4, -0.2) is 44.6 Å². The molecule has 2 amide bonds. The molecule has 0 bridgehead atoms. The van der Waals surface area contributed by atoms with Gasteiger partial charge in [0.1, 0.15) is 11.2 Å². The topological polar surface area (TPSA) is 67.2 Å². The van der Waals surface area contributed by atoms with Crippen LogP contribution in [0.15, 0.2) is 60.7 Å². The minimum Gasteiger partial charge on any atom is -0.351 e. The molecule has 6 nitrogen and oxygen atoms in total. The fourth-order valence-corrected chi connectivity index (χ4v) is 5.73. The van der Waals surface area contributed by atoms with E-state index in [1.54, 1.807) is 9.58 Å². The van der Waals surface area contributed by atoms with E-state index >= 15 is 0 Å². The quantitative estimate of drug-likeness (QED) is 0.462. The third kappa shape index (κ3) is 5.07. The molecule has 1 N–H and O–H groups in total. The summed E-state index contributed by atoms with van der Waals surface area (Å²) in [7, 11) is 0. The average Bonchev–Trinajstić information content (AvgIpc) is 3.36. The highest BCUT2D eigenvalue weighted by Crippen LogP contribution is 2.33. The standard InChI is InChI=1S/C31H38N4O2/c1-4-23-15-17-25(18-16-23)27-19-28-29(36)34(20-22(2)24-11-7-5-8-12-24)31(3,21-35(28)33-27)30(37)32-26-13-9-6-10-14-26/h5,7-8,11-12,15-19,22,26H,4,6,9-10,13-14,20-21H2,1-3H3,(H,32,37)/t22-,31+/m1/s1. The van der Waals surface area contributed by atoms with Crippen LogP contribution in [0.5, 0.6) is 0 Å². The highest BCUT2D eigenvalue weighted by atomic mass is 16.2. The summed E-state index contributed by atoms with van der Waals surface area (Å²) in [4.78, 5) is 29.7. The summed E-state index contributed by atoms with van der Waals surface area (Å²) in [6, 6.07) is 20.6. The molecule has 3 aromatic rings. The van der Waals surface area contributed by atoms with Crippen LogP contribution in [0.1, 0.15) is 80.4 Å². The summed E-state index contributed by atoms with van der Waals surface area (Å²) in [6.07, 6.45) is 6.48. The van der Waals surface area contributed by atoms with E-state index in [4.69, 9.17) is 5.10 Å². The first kappa shape index (κ1) is 25.2. The van der Waals surface area contributed by atoms with Crippen molar-refractivity contribution in [3.63, 3.8) is 0 Å². The molecule has 1 aliphatic heterocycles. The van der Waals surface area contributed by atoms with E-state index in [0.717, 1.165) is 48.9 Å². The predicted octanol–water partition coefficient (Wildman–Crippen LogP) is 5.58. The Balaban J connectivity index is 1.48. The van der Waals surface area contributed by atoms with E-state index < -0.39 is 5.54 Å². The minimum atomic E-state index is -1.03. The normalized spacial score (nSPS) is 20.9. The molecule has 194 valence electrons. The number of aromatic nitrogens is 2. The number of amides is 2. The third-order valence-electron chi connectivity index (χ3n) is 8.21. The van der Waals surface area contributed by atoms with Crippen LogP contribution < -0.4 is 5.32 Å². The smallest absolute Gasteiger partial charge is 0.273 e. The van der Waals surface area contributed by atoms with E-state index in [-0.39, 0.29) is 23.8 Å². The number of rotatable bonds is 7. The van der Waals surface area contributed by atoms with Gasteiger partial charge >= 0.3 is 0 Å². The molecule has 2 heterocycles. The lowest BCUT2D eigenvalue weighted by Crippen LogP contribution is -2.65. The summed E-state index contributed by atoms with van der Waals surface area (Å²) >= 11 is 0. The first-order valence-corrected chi connectivity index (χ1v) is 13.7. The predicted molar refractivity (Wildman–Crippen MR) is 146 cm³/mol. The first-order chi connectivity index (χ1) is 17.9. The molecule has 37 heavy (non-hydrogen) atoms. The van der Waals surface area contributed by atoms with E-state index in [9.17, 15) is 9.59 Å². The van der Waals surface area contributed by atoms with Crippen LogP contribution in [-0.2, 0) is 17.8 Å². The van der Waals surface area contributed by atoms with Crippen molar-refractivity contribution < 1.29 is 9.59 Å². The molecule has 1 saturated carbocycles. The highest BCUT2D eigenvalue weighted by molar-refractivity contribution is 6.00. The van der Waals surface area contributed by atoms with Crippen LogP contribution in [0.25, 0.3) is 11.3 Å². The van der Waals surface area contributed by atoms with Crippen molar-refractivity contribution in [1.29, 1.82) is 0 Å². The van der Waals surface area contributed by atoms with Crippen molar-refractivity contribution in [3.05, 3.63) is 77.5 Å². The Labute approximate surface area is 220 Å². The Bertz CT molecular complexity index is 1240. The van der Waals surface area contributed by atoms with Gasteiger partial charge in [-0.05, 0) is 49.3 Å². The van der Waals surface area contributed by atoms with Crippen LogP contribution in [0.4, 0.5) is 0 Å². The maximum atomic E-state index is 14.0. The van der Waals surface area contributed by atoms with Gasteiger partial charge in [-0.2, -0.15) is 5.10 Å². The molecule has 1 aromatic heterocycles. The fourth-order valence-electron chi connectivity index (χ4n) is 5.73. The zero-order valence-electron chi connectivity index (χ0n) is 22.2. The van der Waals surface area contributed by atoms with Gasteiger partial charge in [-0.15, -0.1) is 0 Å². The number of hydrogen-bond acceptors (Lipinski definition) is 3. The van der Waals surface area contributed by atoms with Gasteiger partial charge in [0.05, 0.1) is 12.2 Å². The van der Waals surface area contributed by atoms with Crippen molar-refractivity contribution >= 4 is 11.8 Å². The van der Waals surface area contributed by atoms with Gasteiger partial charge in [0.2, 0.25) is 5.91 Å². The molecule has 2 aromatic carbocycles. The number of carbonyl (C=O) groups is 2. The SMILES string of the molecule is CCc1ccc(-c2cc3n(n2)C[C@@](C)(C(=O)NC2CCCCC2)N(C[C@@H](C)c2ccccc2)C3=O)cc1. The summed E-state index contributed by atoms with van der Waals surface area (Å²) in [5, 5.41) is 8.11. The van der Waals surface area contributed by atoms with Crippen molar-refractivity contribution in [1.82, 2.24) is 20.0 Å². The zero-order chi connectivity index (χ0) is 26.0. The lowest BCUT2D eigenvalue weighted by Gasteiger charge is -2.45. The van der Waals surface area contributed by atoms with Crippen LogP contribution in [0.2, 0.25) is 0 Å². The van der Waals surface area contributed by atoms with Crippen molar-refractivity contribution in [2.75, 3.05) is 6.54 Å².